The van der Waals surface area contributed by atoms with Gasteiger partial charge in [-0.15, -0.1) is 0 Å². The lowest BCUT2D eigenvalue weighted by molar-refractivity contribution is -0.385. The van der Waals surface area contributed by atoms with Gasteiger partial charge in [-0.25, -0.2) is 13.8 Å². The van der Waals surface area contributed by atoms with Crippen molar-refractivity contribution >= 4 is 5.69 Å². The molecule has 0 aliphatic carbocycles. The summed E-state index contributed by atoms with van der Waals surface area (Å²) in [6.45, 7) is -0.0892. The van der Waals surface area contributed by atoms with Crippen LogP contribution < -0.4 is 10.3 Å². The number of halogens is 2. The Bertz CT molecular complexity index is 1230. The lowest BCUT2D eigenvalue weighted by Crippen LogP contribution is -2.14. The van der Waals surface area contributed by atoms with Gasteiger partial charge < -0.3 is 19.5 Å². The molecule has 1 aromatic carbocycles. The maximum absolute atomic E-state index is 14.6. The van der Waals surface area contributed by atoms with Crippen LogP contribution in [0.1, 0.15) is 18.4 Å². The lowest BCUT2D eigenvalue weighted by Gasteiger charge is -2.15. The highest BCUT2D eigenvalue weighted by molar-refractivity contribution is 5.75. The summed E-state index contributed by atoms with van der Waals surface area (Å²) < 4.78 is 35.1. The minimum Gasteiger partial charge on any atom is -0.507 e. The van der Waals surface area contributed by atoms with Crippen molar-refractivity contribution in [1.82, 2.24) is 9.55 Å². The third-order valence-corrected chi connectivity index (χ3v) is 4.68. The smallest absolute Gasteiger partial charge is 0.288 e. The van der Waals surface area contributed by atoms with Gasteiger partial charge in [-0.2, -0.15) is 0 Å². The van der Waals surface area contributed by atoms with E-state index in [1.807, 2.05) is 0 Å². The summed E-state index contributed by atoms with van der Waals surface area (Å²) in [5, 5.41) is 30.5. The van der Waals surface area contributed by atoms with Gasteiger partial charge in [0.15, 0.2) is 11.6 Å². The van der Waals surface area contributed by atoms with Crippen LogP contribution >= 0.6 is 0 Å². The second-order valence-electron chi connectivity index (χ2n) is 6.98. The van der Waals surface area contributed by atoms with E-state index in [9.17, 15) is 28.8 Å². The van der Waals surface area contributed by atoms with Gasteiger partial charge in [0.1, 0.15) is 17.8 Å². The maximum Gasteiger partial charge on any atom is 0.288 e. The van der Waals surface area contributed by atoms with Crippen molar-refractivity contribution in [3.8, 4) is 28.5 Å². The zero-order valence-electron chi connectivity index (χ0n) is 16.9. The van der Waals surface area contributed by atoms with E-state index in [-0.39, 0.29) is 41.3 Å². The Balaban J connectivity index is 2.15. The summed E-state index contributed by atoms with van der Waals surface area (Å²) in [5.41, 5.74) is -0.863. The molecule has 0 amide bonds. The predicted octanol–water partition coefficient (Wildman–Crippen LogP) is 3.45. The van der Waals surface area contributed by atoms with Crippen LogP contribution in [0.4, 0.5) is 14.5 Å². The average Bonchev–Trinajstić information content (AvgIpc) is 2.73. The number of aromatic nitrogens is 2. The molecule has 0 saturated heterocycles. The molecular formula is C21H19F2N3O6. The van der Waals surface area contributed by atoms with Gasteiger partial charge in [0.05, 0.1) is 10.5 Å². The lowest BCUT2D eigenvalue weighted by atomic mass is 10.1. The highest BCUT2D eigenvalue weighted by atomic mass is 19.1. The third kappa shape index (κ3) is 4.89. The molecule has 2 N–H and O–H groups in total. The highest BCUT2D eigenvalue weighted by Crippen LogP contribution is 2.39. The van der Waals surface area contributed by atoms with E-state index in [4.69, 9.17) is 9.84 Å². The number of aliphatic hydroxyl groups is 1. The minimum absolute atomic E-state index is 0.0114. The minimum atomic E-state index is -1.01. The van der Waals surface area contributed by atoms with Gasteiger partial charge in [-0.1, -0.05) is 0 Å². The number of unbranched alkanes of at least 4 members (excludes halogenated alkanes) is 1. The summed E-state index contributed by atoms with van der Waals surface area (Å²) in [4.78, 5) is 26.2. The molecule has 11 heteroatoms. The Morgan fingerprint density at radius 2 is 1.94 bits per heavy atom. The first kappa shape index (κ1) is 22.8. The van der Waals surface area contributed by atoms with Crippen LogP contribution in [0.5, 0.6) is 17.4 Å². The van der Waals surface area contributed by atoms with Crippen molar-refractivity contribution in [2.24, 2.45) is 7.05 Å². The molecule has 2 heterocycles. The molecule has 3 rings (SSSR count). The number of hydrogen-bond donors (Lipinski definition) is 2. The molecule has 0 atom stereocenters. The molecule has 0 aliphatic heterocycles. The number of rotatable bonds is 8. The Morgan fingerprint density at radius 1 is 1.19 bits per heavy atom. The number of aryl methyl sites for hydroxylation is 2. The van der Waals surface area contributed by atoms with Gasteiger partial charge in [0.25, 0.3) is 11.2 Å². The van der Waals surface area contributed by atoms with Crippen LogP contribution in [0.3, 0.4) is 0 Å². The van der Waals surface area contributed by atoms with Crippen molar-refractivity contribution < 1.29 is 28.7 Å². The van der Waals surface area contributed by atoms with E-state index in [0.29, 0.717) is 18.9 Å². The topological polar surface area (TPSA) is 128 Å². The van der Waals surface area contributed by atoms with Crippen molar-refractivity contribution in [1.29, 1.82) is 0 Å². The molecule has 0 spiro atoms. The first-order valence-electron chi connectivity index (χ1n) is 9.52. The Kier molecular flexibility index (Phi) is 6.79. The second kappa shape index (κ2) is 9.52. The molecule has 9 nitrogen and oxygen atoms in total. The van der Waals surface area contributed by atoms with E-state index in [1.165, 1.54) is 13.2 Å². The van der Waals surface area contributed by atoms with Crippen molar-refractivity contribution in [2.75, 3.05) is 6.61 Å². The Hall–Kier alpha value is -3.86. The maximum atomic E-state index is 14.6. The summed E-state index contributed by atoms with van der Waals surface area (Å²) in [6, 6.07) is 3.69. The van der Waals surface area contributed by atoms with Crippen LogP contribution in [-0.2, 0) is 13.5 Å². The molecule has 0 saturated carbocycles. The first-order chi connectivity index (χ1) is 15.2. The van der Waals surface area contributed by atoms with Crippen LogP contribution in [-0.4, -0.2) is 31.3 Å². The molecule has 32 heavy (non-hydrogen) atoms. The molecule has 168 valence electrons. The van der Waals surface area contributed by atoms with Crippen LogP contribution in [0.25, 0.3) is 11.1 Å². The van der Waals surface area contributed by atoms with Crippen LogP contribution in [0.15, 0.2) is 41.5 Å². The van der Waals surface area contributed by atoms with Crippen molar-refractivity contribution in [2.45, 2.75) is 19.3 Å². The zero-order valence-corrected chi connectivity index (χ0v) is 16.9. The zero-order chi connectivity index (χ0) is 23.4. The second-order valence-corrected chi connectivity index (χ2v) is 6.98. The van der Waals surface area contributed by atoms with Crippen molar-refractivity contribution in [3.05, 3.63) is 74.3 Å². The molecule has 3 aromatic rings. The fourth-order valence-corrected chi connectivity index (χ4v) is 3.08. The summed E-state index contributed by atoms with van der Waals surface area (Å²) in [7, 11) is 1.41. The molecule has 0 unspecified atom stereocenters. The number of benzene rings is 1. The quantitative estimate of drug-likeness (QED) is 0.308. The van der Waals surface area contributed by atoms with Gasteiger partial charge in [0, 0.05) is 49.2 Å². The SMILES string of the molecule is Cn1cc(-c2cc([N+](=O)[O-])cnc2Oc2c(F)cc(F)cc2CCCCO)c(O)cc1=O. The average molecular weight is 447 g/mol. The van der Waals surface area contributed by atoms with Crippen molar-refractivity contribution in [3.63, 3.8) is 0 Å². The fraction of sp³-hybridized carbons (Fsp3) is 0.238. The number of aliphatic hydroxyl groups excluding tert-OH is 1. The van der Waals surface area contributed by atoms with Gasteiger partial charge in [-0.05, 0) is 25.3 Å². The van der Waals surface area contributed by atoms with Gasteiger partial charge >= 0.3 is 0 Å². The van der Waals surface area contributed by atoms with E-state index in [0.717, 1.165) is 29.0 Å². The van der Waals surface area contributed by atoms with E-state index < -0.39 is 33.6 Å². The predicted molar refractivity (Wildman–Crippen MR) is 110 cm³/mol. The van der Waals surface area contributed by atoms with Gasteiger partial charge in [-0.3, -0.25) is 14.9 Å². The standard InChI is InChI=1S/C21H19F2N3O6/c1-25-11-16(18(28)9-19(25)29)15-8-14(26(30)31)10-24-21(15)32-20-12(4-2-3-5-27)6-13(22)7-17(20)23/h6-11,27-28H,2-5H2,1H3. The largest absolute Gasteiger partial charge is 0.507 e. The molecule has 0 bridgehead atoms. The summed E-state index contributed by atoms with van der Waals surface area (Å²) in [6.07, 6.45) is 3.15. The summed E-state index contributed by atoms with van der Waals surface area (Å²) >= 11 is 0. The normalized spacial score (nSPS) is 10.9. The molecule has 0 fully saturated rings. The van der Waals surface area contributed by atoms with Crippen LogP contribution in [0, 0.1) is 21.7 Å². The first-order valence-corrected chi connectivity index (χ1v) is 9.52. The Morgan fingerprint density at radius 3 is 2.62 bits per heavy atom. The van der Waals surface area contributed by atoms with E-state index in [2.05, 4.69) is 4.98 Å². The number of nitrogens with zero attached hydrogens (tertiary/aromatic N) is 3. The van der Waals surface area contributed by atoms with E-state index >= 15 is 0 Å². The molecular weight excluding hydrogens is 428 g/mol. The number of nitro groups is 1. The third-order valence-electron chi connectivity index (χ3n) is 4.68. The number of pyridine rings is 2. The van der Waals surface area contributed by atoms with E-state index in [1.54, 1.807) is 0 Å². The molecule has 0 radical (unpaired) electrons. The van der Waals surface area contributed by atoms with Gasteiger partial charge in [0.2, 0.25) is 5.88 Å². The molecule has 2 aromatic heterocycles. The number of aromatic hydroxyl groups is 1. The van der Waals surface area contributed by atoms with Crippen LogP contribution in [0.2, 0.25) is 0 Å². The fourth-order valence-electron chi connectivity index (χ4n) is 3.08. The summed E-state index contributed by atoms with van der Waals surface area (Å²) in [5.74, 6) is -2.95. The monoisotopic (exact) mass is 447 g/mol. The number of hydrogen-bond acceptors (Lipinski definition) is 7. The molecule has 0 aliphatic rings. The highest BCUT2D eigenvalue weighted by Gasteiger charge is 2.22. The Labute approximate surface area is 180 Å². The number of ether oxygens (including phenoxy) is 1.